The fraction of sp³-hybridized carbons (Fsp3) is 0.421. The van der Waals surface area contributed by atoms with E-state index in [0.717, 1.165) is 0 Å². The minimum Gasteiger partial charge on any atom is -0.493 e. The van der Waals surface area contributed by atoms with E-state index < -0.39 is 29.6 Å². The fourth-order valence-corrected chi connectivity index (χ4v) is 3.30. The van der Waals surface area contributed by atoms with Crippen LogP contribution in [0.2, 0.25) is 0 Å². The first-order valence-electron chi connectivity index (χ1n) is 8.58. The average Bonchev–Trinajstić information content (AvgIpc) is 2.65. The smallest absolute Gasteiger partial charge is 0.336 e. The third-order valence-corrected chi connectivity index (χ3v) is 4.49. The first kappa shape index (κ1) is 21.1. The van der Waals surface area contributed by atoms with Gasteiger partial charge < -0.3 is 30.0 Å². The van der Waals surface area contributed by atoms with Crippen molar-refractivity contribution in [2.45, 2.75) is 19.8 Å². The van der Waals surface area contributed by atoms with Gasteiger partial charge in [-0.15, -0.1) is 0 Å². The third-order valence-electron chi connectivity index (χ3n) is 4.49. The molecule has 3 N–H and O–H groups in total. The number of carbonyl (C=O) groups is 3. The molecule has 1 aromatic carbocycles. The highest BCUT2D eigenvalue weighted by molar-refractivity contribution is 6.06. The van der Waals surface area contributed by atoms with Crippen LogP contribution in [0.4, 0.5) is 0 Å². The Labute approximate surface area is 162 Å². The molecule has 0 fully saturated rings. The Balaban J connectivity index is 2.77. The minimum absolute atomic E-state index is 0.132. The summed E-state index contributed by atoms with van der Waals surface area (Å²) in [7, 11) is 4.33. The van der Waals surface area contributed by atoms with E-state index in [1.54, 1.807) is 26.0 Å². The molecule has 2 rings (SSSR count). The molecule has 0 saturated heterocycles. The van der Waals surface area contributed by atoms with E-state index in [1.807, 2.05) is 0 Å². The van der Waals surface area contributed by atoms with E-state index in [0.29, 0.717) is 28.5 Å². The molecule has 1 aromatic rings. The van der Waals surface area contributed by atoms with Gasteiger partial charge in [-0.25, -0.2) is 4.79 Å². The summed E-state index contributed by atoms with van der Waals surface area (Å²) < 4.78 is 21.1. The van der Waals surface area contributed by atoms with Gasteiger partial charge >= 0.3 is 5.97 Å². The summed E-state index contributed by atoms with van der Waals surface area (Å²) in [6.07, 6.45) is 0. The standard InChI is InChI=1S/C19H24N2O7/c1-6-28-19(24)13-9(2)21-18(23)15(17(20)22)14(13)10-7-11(25-3)16(27-5)12(8-10)26-4/h7-8,14-15H,6H2,1-5H3,(H2,20,22)(H,21,23). The van der Waals surface area contributed by atoms with E-state index >= 15 is 0 Å². The molecule has 1 aliphatic rings. The highest BCUT2D eigenvalue weighted by Gasteiger charge is 2.44. The molecule has 0 aliphatic carbocycles. The van der Waals surface area contributed by atoms with Gasteiger partial charge in [0, 0.05) is 11.6 Å². The molecule has 0 bridgehead atoms. The summed E-state index contributed by atoms with van der Waals surface area (Å²) in [5.41, 5.74) is 6.36. The monoisotopic (exact) mass is 392 g/mol. The molecule has 0 aromatic heterocycles. The third kappa shape index (κ3) is 3.73. The van der Waals surface area contributed by atoms with Gasteiger partial charge in [0.25, 0.3) is 0 Å². The molecule has 0 saturated carbocycles. The maximum Gasteiger partial charge on any atom is 0.336 e. The quantitative estimate of drug-likeness (QED) is 0.521. The number of rotatable bonds is 7. The van der Waals surface area contributed by atoms with Crippen LogP contribution in [0, 0.1) is 5.92 Å². The first-order valence-corrected chi connectivity index (χ1v) is 8.58. The number of benzene rings is 1. The van der Waals surface area contributed by atoms with E-state index in [1.165, 1.54) is 21.3 Å². The first-order chi connectivity index (χ1) is 13.3. The highest BCUT2D eigenvalue weighted by Crippen LogP contribution is 2.45. The number of primary amides is 1. The van der Waals surface area contributed by atoms with Crippen molar-refractivity contribution in [1.82, 2.24) is 5.32 Å². The van der Waals surface area contributed by atoms with Crippen molar-refractivity contribution in [2.75, 3.05) is 27.9 Å². The number of allylic oxidation sites excluding steroid dienone is 1. The number of carbonyl (C=O) groups excluding carboxylic acids is 3. The molecular formula is C19H24N2O7. The Morgan fingerprint density at radius 2 is 1.68 bits per heavy atom. The molecule has 1 aliphatic heterocycles. The Morgan fingerprint density at radius 1 is 1.11 bits per heavy atom. The maximum absolute atomic E-state index is 12.6. The molecule has 28 heavy (non-hydrogen) atoms. The van der Waals surface area contributed by atoms with Gasteiger partial charge in [-0.1, -0.05) is 0 Å². The lowest BCUT2D eigenvalue weighted by Crippen LogP contribution is -2.47. The second-order valence-electron chi connectivity index (χ2n) is 6.06. The Bertz CT molecular complexity index is 807. The van der Waals surface area contributed by atoms with E-state index in [-0.39, 0.29) is 12.2 Å². The lowest BCUT2D eigenvalue weighted by atomic mass is 9.76. The van der Waals surface area contributed by atoms with Crippen LogP contribution in [0.25, 0.3) is 0 Å². The van der Waals surface area contributed by atoms with Gasteiger partial charge in [0.05, 0.1) is 33.5 Å². The molecule has 152 valence electrons. The van der Waals surface area contributed by atoms with Crippen LogP contribution in [-0.4, -0.2) is 45.7 Å². The summed E-state index contributed by atoms with van der Waals surface area (Å²) in [4.78, 5) is 37.2. The predicted octanol–water partition coefficient (Wildman–Crippen LogP) is 0.864. The van der Waals surface area contributed by atoms with Gasteiger partial charge in [0.1, 0.15) is 5.92 Å². The van der Waals surface area contributed by atoms with E-state index in [9.17, 15) is 14.4 Å². The van der Waals surface area contributed by atoms with Crippen LogP contribution in [0.5, 0.6) is 17.2 Å². The van der Waals surface area contributed by atoms with Crippen LogP contribution < -0.4 is 25.3 Å². The van der Waals surface area contributed by atoms with Gasteiger partial charge in [-0.3, -0.25) is 9.59 Å². The predicted molar refractivity (Wildman–Crippen MR) is 99.0 cm³/mol. The lowest BCUT2D eigenvalue weighted by molar-refractivity contribution is -0.140. The molecule has 2 atom stereocenters. The highest BCUT2D eigenvalue weighted by atomic mass is 16.5. The topological polar surface area (TPSA) is 126 Å². The average molecular weight is 392 g/mol. The zero-order chi connectivity index (χ0) is 21.0. The Kier molecular flexibility index (Phi) is 6.50. The summed E-state index contributed by atoms with van der Waals surface area (Å²) in [5.74, 6) is -3.45. The van der Waals surface area contributed by atoms with Crippen molar-refractivity contribution in [3.8, 4) is 17.2 Å². The molecule has 2 unspecified atom stereocenters. The van der Waals surface area contributed by atoms with Crippen molar-refractivity contribution in [2.24, 2.45) is 11.7 Å². The van der Waals surface area contributed by atoms with Crippen LogP contribution in [-0.2, 0) is 19.1 Å². The second-order valence-corrected chi connectivity index (χ2v) is 6.06. The zero-order valence-electron chi connectivity index (χ0n) is 16.5. The normalized spacial score (nSPS) is 19.0. The largest absolute Gasteiger partial charge is 0.493 e. The summed E-state index contributed by atoms with van der Waals surface area (Å²) in [6.45, 7) is 3.36. The molecule has 0 spiro atoms. The van der Waals surface area contributed by atoms with E-state index in [4.69, 9.17) is 24.7 Å². The Hall–Kier alpha value is -3.23. The lowest BCUT2D eigenvalue weighted by Gasteiger charge is -2.32. The van der Waals surface area contributed by atoms with Gasteiger partial charge in [-0.2, -0.15) is 0 Å². The minimum atomic E-state index is -1.31. The van der Waals surface area contributed by atoms with Crippen molar-refractivity contribution in [3.63, 3.8) is 0 Å². The van der Waals surface area contributed by atoms with Crippen molar-refractivity contribution in [1.29, 1.82) is 0 Å². The number of nitrogens with two attached hydrogens (primary N) is 1. The Morgan fingerprint density at radius 3 is 2.11 bits per heavy atom. The number of methoxy groups -OCH3 is 3. The molecule has 9 nitrogen and oxygen atoms in total. The van der Waals surface area contributed by atoms with Crippen LogP contribution in [0.15, 0.2) is 23.4 Å². The van der Waals surface area contributed by atoms with Crippen LogP contribution >= 0.6 is 0 Å². The number of amides is 2. The van der Waals surface area contributed by atoms with Gasteiger partial charge in [0.2, 0.25) is 17.6 Å². The number of hydrogen-bond donors (Lipinski definition) is 2. The second kappa shape index (κ2) is 8.64. The van der Waals surface area contributed by atoms with Crippen LogP contribution in [0.3, 0.4) is 0 Å². The molecule has 0 radical (unpaired) electrons. The summed E-state index contributed by atoms with van der Waals surface area (Å²) in [6, 6.07) is 3.15. The SMILES string of the molecule is CCOC(=O)C1=C(C)NC(=O)C(C(N)=O)C1c1cc(OC)c(OC)c(OC)c1. The molecule has 9 heteroatoms. The number of ether oxygens (including phenoxy) is 4. The summed E-state index contributed by atoms with van der Waals surface area (Å²) in [5, 5.41) is 2.53. The number of nitrogens with one attached hydrogen (secondary N) is 1. The number of esters is 1. The van der Waals surface area contributed by atoms with Crippen molar-refractivity contribution in [3.05, 3.63) is 29.0 Å². The maximum atomic E-state index is 12.6. The van der Waals surface area contributed by atoms with Crippen LogP contribution in [0.1, 0.15) is 25.3 Å². The van der Waals surface area contributed by atoms with E-state index in [2.05, 4.69) is 5.32 Å². The van der Waals surface area contributed by atoms with Crippen molar-refractivity contribution < 1.29 is 33.3 Å². The van der Waals surface area contributed by atoms with Gasteiger partial charge in [0.15, 0.2) is 11.5 Å². The summed E-state index contributed by atoms with van der Waals surface area (Å²) >= 11 is 0. The fourth-order valence-electron chi connectivity index (χ4n) is 3.30. The van der Waals surface area contributed by atoms with Gasteiger partial charge in [-0.05, 0) is 31.5 Å². The molecule has 2 amide bonds. The number of hydrogen-bond acceptors (Lipinski definition) is 7. The molecule has 1 heterocycles. The van der Waals surface area contributed by atoms with Crippen molar-refractivity contribution >= 4 is 17.8 Å². The zero-order valence-corrected chi connectivity index (χ0v) is 16.5. The molecular weight excluding hydrogens is 368 g/mol.